The molecular weight excluding hydrogens is 600 g/mol. The van der Waals surface area contributed by atoms with Crippen molar-refractivity contribution in [2.75, 3.05) is 20.8 Å². The van der Waals surface area contributed by atoms with E-state index < -0.39 is 43.6 Å². The molecule has 1 radical (unpaired) electrons. The average Bonchev–Trinajstić information content (AvgIpc) is 3.43. The van der Waals surface area contributed by atoms with Crippen molar-refractivity contribution >= 4 is 8.32 Å². The second-order valence-corrected chi connectivity index (χ2v) is 17.7. The lowest BCUT2D eigenvalue weighted by Gasteiger charge is -2.39. The molecule has 1 N–H and O–H groups in total. The third-order valence-electron chi connectivity index (χ3n) is 9.00. The van der Waals surface area contributed by atoms with Crippen LogP contribution in [-0.2, 0) is 19.5 Å². The summed E-state index contributed by atoms with van der Waals surface area (Å²) in [5, 5.41) is -0.0822. The third kappa shape index (κ3) is 6.76. The maximum absolute atomic E-state index is 12.9. The lowest BCUT2D eigenvalue weighted by atomic mass is 9.80. The van der Waals surface area contributed by atoms with Crippen molar-refractivity contribution in [1.29, 1.82) is 0 Å². The van der Waals surface area contributed by atoms with Crippen LogP contribution in [0.5, 0.6) is 11.5 Å². The molecule has 4 aromatic rings. The number of methoxy groups -OCH3 is 2. The molecule has 1 saturated heterocycles. The maximum Gasteiger partial charge on any atom is 0.330 e. The smallest absolute Gasteiger partial charge is 0.330 e. The van der Waals surface area contributed by atoms with Gasteiger partial charge in [-0.2, -0.15) is 0 Å². The van der Waals surface area contributed by atoms with Crippen LogP contribution in [0.2, 0.25) is 18.1 Å². The number of nitrogens with zero attached hydrogens (tertiary/aromatic N) is 1. The van der Waals surface area contributed by atoms with Crippen molar-refractivity contribution in [1.82, 2.24) is 9.55 Å². The number of hydrogen-bond donors (Lipinski definition) is 1. The van der Waals surface area contributed by atoms with Crippen molar-refractivity contribution in [3.8, 4) is 11.5 Å². The number of hydrogen-bond acceptors (Lipinski definition) is 7. The molecule has 10 heteroatoms. The number of H-pyrrole nitrogens is 1. The zero-order valence-electron chi connectivity index (χ0n) is 27.5. The summed E-state index contributed by atoms with van der Waals surface area (Å²) in [5.41, 5.74) is 0.628. The molecule has 0 unspecified atom stereocenters. The summed E-state index contributed by atoms with van der Waals surface area (Å²) >= 11 is 0. The second kappa shape index (κ2) is 13.4. The van der Waals surface area contributed by atoms with Gasteiger partial charge in [0.15, 0.2) is 14.5 Å². The van der Waals surface area contributed by atoms with Gasteiger partial charge in [0.2, 0.25) is 0 Å². The summed E-state index contributed by atoms with van der Waals surface area (Å²) in [6, 6.07) is 27.0. The quantitative estimate of drug-likeness (QED) is 0.157. The van der Waals surface area contributed by atoms with E-state index in [0.29, 0.717) is 0 Å². The highest BCUT2D eigenvalue weighted by atomic mass is 28.4. The molecule has 1 aliphatic rings. The zero-order valence-corrected chi connectivity index (χ0v) is 28.5. The van der Waals surface area contributed by atoms with E-state index in [-0.39, 0.29) is 11.6 Å². The van der Waals surface area contributed by atoms with Gasteiger partial charge in [-0.3, -0.25) is 14.3 Å². The van der Waals surface area contributed by atoms with Crippen LogP contribution in [0.25, 0.3) is 0 Å². The first-order valence-corrected chi connectivity index (χ1v) is 18.3. The summed E-state index contributed by atoms with van der Waals surface area (Å²) in [6.07, 6.45) is 1.54. The molecule has 0 aliphatic carbocycles. The Kier molecular flexibility index (Phi) is 9.74. The van der Waals surface area contributed by atoms with Crippen molar-refractivity contribution in [2.45, 2.75) is 62.9 Å². The SMILES string of the molecule is COc1ccc(C(OC[C@H]2[CH][C@@H](O[Si](C)(C)C(C)(C)C)[C@H](n3ccc(=O)[nH]c3=O)O2)(c2ccccc2)c2ccc(OC)cc2)cc1. The molecule has 2 heterocycles. The summed E-state index contributed by atoms with van der Waals surface area (Å²) in [4.78, 5) is 27.2. The molecule has 0 bridgehead atoms. The van der Waals surface area contributed by atoms with Gasteiger partial charge in [-0.15, -0.1) is 0 Å². The molecule has 0 spiro atoms. The predicted molar refractivity (Wildman–Crippen MR) is 180 cm³/mol. The van der Waals surface area contributed by atoms with Gasteiger partial charge in [-0.05, 0) is 59.1 Å². The Balaban J connectivity index is 1.56. The van der Waals surface area contributed by atoms with E-state index in [2.05, 4.69) is 38.8 Å². The Morgan fingerprint density at radius 3 is 1.85 bits per heavy atom. The van der Waals surface area contributed by atoms with E-state index in [1.54, 1.807) is 14.2 Å². The van der Waals surface area contributed by atoms with Gasteiger partial charge in [-0.1, -0.05) is 75.4 Å². The first-order valence-electron chi connectivity index (χ1n) is 15.4. The fourth-order valence-corrected chi connectivity index (χ4v) is 6.68. The Labute approximate surface area is 271 Å². The molecule has 1 aromatic heterocycles. The number of rotatable bonds is 11. The van der Waals surface area contributed by atoms with Crippen molar-refractivity contribution in [2.24, 2.45) is 0 Å². The highest BCUT2D eigenvalue weighted by Crippen LogP contribution is 2.44. The van der Waals surface area contributed by atoms with Crippen LogP contribution < -0.4 is 20.7 Å². The number of aromatic amines is 1. The van der Waals surface area contributed by atoms with E-state index >= 15 is 0 Å². The Morgan fingerprint density at radius 2 is 1.35 bits per heavy atom. The summed E-state index contributed by atoms with van der Waals surface area (Å²) in [6.45, 7) is 10.9. The molecule has 1 aliphatic heterocycles. The monoisotopic (exact) mass is 643 g/mol. The largest absolute Gasteiger partial charge is 0.497 e. The van der Waals surface area contributed by atoms with Gasteiger partial charge < -0.3 is 23.4 Å². The van der Waals surface area contributed by atoms with Gasteiger partial charge in [-0.25, -0.2) is 4.79 Å². The van der Waals surface area contributed by atoms with Gasteiger partial charge in [0, 0.05) is 18.7 Å². The maximum atomic E-state index is 12.9. The number of ether oxygens (including phenoxy) is 4. The zero-order chi connectivity index (χ0) is 33.1. The Bertz CT molecular complexity index is 1660. The minimum atomic E-state index is -2.30. The summed E-state index contributed by atoms with van der Waals surface area (Å²) in [5.74, 6) is 1.46. The molecule has 1 fully saturated rings. The molecule has 243 valence electrons. The second-order valence-electron chi connectivity index (χ2n) is 12.9. The van der Waals surface area contributed by atoms with Crippen LogP contribution in [0, 0.1) is 6.42 Å². The Morgan fingerprint density at radius 1 is 0.804 bits per heavy atom. The number of nitrogens with one attached hydrogen (secondary N) is 1. The molecule has 5 rings (SSSR count). The molecule has 0 amide bonds. The van der Waals surface area contributed by atoms with Crippen LogP contribution in [0.3, 0.4) is 0 Å². The third-order valence-corrected chi connectivity index (χ3v) is 13.5. The molecule has 9 nitrogen and oxygen atoms in total. The van der Waals surface area contributed by atoms with Crippen molar-refractivity contribution in [3.05, 3.63) is 135 Å². The van der Waals surface area contributed by atoms with Gasteiger partial charge in [0.05, 0.1) is 33.0 Å². The van der Waals surface area contributed by atoms with Crippen LogP contribution in [0.4, 0.5) is 0 Å². The summed E-state index contributed by atoms with van der Waals surface area (Å²) < 4.78 is 32.7. The highest BCUT2D eigenvalue weighted by molar-refractivity contribution is 6.74. The van der Waals surface area contributed by atoms with Gasteiger partial charge in [0.25, 0.3) is 5.56 Å². The fraction of sp³-hybridized carbons (Fsp3) is 0.361. The normalized spacial score (nSPS) is 18.8. The molecule has 3 aromatic carbocycles. The minimum Gasteiger partial charge on any atom is -0.497 e. The minimum absolute atomic E-state index is 0.0822. The van der Waals surface area contributed by atoms with E-state index in [0.717, 1.165) is 28.2 Å². The molecular formula is C36H43N2O7Si. The molecule has 3 atom stereocenters. The molecule has 0 saturated carbocycles. The fourth-order valence-electron chi connectivity index (χ4n) is 5.45. The van der Waals surface area contributed by atoms with Crippen LogP contribution in [0.15, 0.2) is 101 Å². The summed E-state index contributed by atoms with van der Waals surface area (Å²) in [7, 11) is 0.975. The standard InChI is InChI=1S/C36H43N2O7Si/c1-35(2,3)46(6,7)45-31-23-30(44-33(31)38-22-21-32(39)37-34(38)40)24-43-36(25-11-9-8-10-12-25,26-13-17-28(41-4)18-14-26)27-15-19-29(42-5)20-16-27/h8-23,30-31,33H,24H2,1-7H3,(H,37,39,40)/t30-,31-,33-/m1/s1. The predicted octanol–water partition coefficient (Wildman–Crippen LogP) is 6.05. The topological polar surface area (TPSA) is 101 Å². The average molecular weight is 644 g/mol. The van der Waals surface area contributed by atoms with Crippen LogP contribution in [0.1, 0.15) is 43.7 Å². The van der Waals surface area contributed by atoms with E-state index in [1.807, 2.05) is 85.3 Å². The first kappa shape index (κ1) is 33.4. The van der Waals surface area contributed by atoms with Gasteiger partial charge in [0.1, 0.15) is 17.1 Å². The van der Waals surface area contributed by atoms with E-state index in [4.69, 9.17) is 23.4 Å². The van der Waals surface area contributed by atoms with Gasteiger partial charge >= 0.3 is 5.69 Å². The van der Waals surface area contributed by atoms with Crippen LogP contribution >= 0.6 is 0 Å². The van der Waals surface area contributed by atoms with E-state index in [9.17, 15) is 9.59 Å². The lowest BCUT2D eigenvalue weighted by Crippen LogP contribution is -2.46. The number of aromatic nitrogens is 2. The molecule has 46 heavy (non-hydrogen) atoms. The van der Waals surface area contributed by atoms with Crippen molar-refractivity contribution < 1.29 is 23.4 Å². The van der Waals surface area contributed by atoms with Crippen molar-refractivity contribution in [3.63, 3.8) is 0 Å². The van der Waals surface area contributed by atoms with Crippen LogP contribution in [-0.4, -0.2) is 50.9 Å². The Hall–Kier alpha value is -3.96. The van der Waals surface area contributed by atoms with E-state index in [1.165, 1.54) is 16.8 Å². The first-order chi connectivity index (χ1) is 21.9. The highest BCUT2D eigenvalue weighted by Gasteiger charge is 2.47. The lowest BCUT2D eigenvalue weighted by molar-refractivity contribution is -0.0845. The number of benzene rings is 3.